The maximum atomic E-state index is 14.2. The minimum absolute atomic E-state index is 0.00505. The van der Waals surface area contributed by atoms with Crippen molar-refractivity contribution in [2.75, 3.05) is 12.0 Å². The van der Waals surface area contributed by atoms with Gasteiger partial charge in [-0.25, -0.2) is 9.37 Å². The van der Waals surface area contributed by atoms with Crippen LogP contribution in [-0.4, -0.2) is 33.9 Å². The molecule has 1 fully saturated rings. The molecule has 0 unspecified atom stereocenters. The number of ether oxygens (including phenoxy) is 1. The maximum Gasteiger partial charge on any atom is 0.301 e. The number of aromatic nitrogens is 2. The fourth-order valence-corrected chi connectivity index (χ4v) is 4.35. The lowest BCUT2D eigenvalue weighted by Crippen LogP contribution is -2.29. The molecule has 3 aromatic rings. The molecule has 9 heteroatoms. The van der Waals surface area contributed by atoms with E-state index < -0.39 is 29.3 Å². The van der Waals surface area contributed by atoms with Crippen molar-refractivity contribution in [3.8, 4) is 5.75 Å². The van der Waals surface area contributed by atoms with Crippen LogP contribution in [0.4, 0.5) is 9.52 Å². The summed E-state index contributed by atoms with van der Waals surface area (Å²) in [5, 5.41) is 11.3. The van der Waals surface area contributed by atoms with Crippen molar-refractivity contribution in [1.29, 1.82) is 0 Å². The van der Waals surface area contributed by atoms with Crippen molar-refractivity contribution >= 4 is 33.9 Å². The van der Waals surface area contributed by atoms with E-state index in [0.29, 0.717) is 10.7 Å². The van der Waals surface area contributed by atoms with E-state index >= 15 is 0 Å². The Labute approximate surface area is 181 Å². The van der Waals surface area contributed by atoms with Gasteiger partial charge in [0.05, 0.1) is 24.4 Å². The Morgan fingerprint density at radius 2 is 2.03 bits per heavy atom. The number of amides is 1. The molecule has 1 saturated heterocycles. The summed E-state index contributed by atoms with van der Waals surface area (Å²) in [5.41, 5.74) is 1.15. The normalized spacial score (nSPS) is 17.9. The molecule has 0 radical (unpaired) electrons. The van der Waals surface area contributed by atoms with Crippen LogP contribution in [0.1, 0.15) is 27.7 Å². The van der Waals surface area contributed by atoms with Crippen molar-refractivity contribution in [3.63, 3.8) is 0 Å². The fraction of sp³-hybridized carbons (Fsp3) is 0.182. The Balaban J connectivity index is 1.93. The highest BCUT2D eigenvalue weighted by molar-refractivity contribution is 7.16. The second kappa shape index (κ2) is 7.92. The molecule has 0 aliphatic carbocycles. The van der Waals surface area contributed by atoms with Crippen LogP contribution in [0.15, 0.2) is 48.3 Å². The van der Waals surface area contributed by atoms with Gasteiger partial charge < -0.3 is 9.84 Å². The minimum Gasteiger partial charge on any atom is -0.507 e. The molecule has 158 valence electrons. The summed E-state index contributed by atoms with van der Waals surface area (Å²) in [6.07, 6.45) is 3.07. The number of halogens is 1. The van der Waals surface area contributed by atoms with E-state index in [9.17, 15) is 19.1 Å². The molecule has 0 bridgehead atoms. The Bertz CT molecular complexity index is 1200. The highest BCUT2D eigenvalue weighted by Gasteiger charge is 2.48. The van der Waals surface area contributed by atoms with Crippen LogP contribution in [0.25, 0.3) is 5.76 Å². The first-order chi connectivity index (χ1) is 14.8. The number of methoxy groups -OCH3 is 1. The largest absolute Gasteiger partial charge is 0.507 e. The van der Waals surface area contributed by atoms with Crippen molar-refractivity contribution in [1.82, 2.24) is 9.97 Å². The molecular formula is C22H18FN3O4S. The number of anilines is 1. The second-order valence-electron chi connectivity index (χ2n) is 6.94. The summed E-state index contributed by atoms with van der Waals surface area (Å²) in [5.74, 6) is -2.90. The Morgan fingerprint density at radius 1 is 1.26 bits per heavy atom. The third-order valence-corrected chi connectivity index (χ3v) is 6.17. The van der Waals surface area contributed by atoms with Crippen LogP contribution in [0.3, 0.4) is 0 Å². The molecule has 1 amide bonds. The Morgan fingerprint density at radius 3 is 2.61 bits per heavy atom. The Kier molecular flexibility index (Phi) is 5.28. The molecule has 4 rings (SSSR count). The highest BCUT2D eigenvalue weighted by Crippen LogP contribution is 2.43. The zero-order valence-corrected chi connectivity index (χ0v) is 17.7. The molecule has 1 atom stereocenters. The van der Waals surface area contributed by atoms with Crippen molar-refractivity contribution < 1.29 is 23.8 Å². The lowest BCUT2D eigenvalue weighted by Gasteiger charge is -2.22. The number of thiazole rings is 1. The third-order valence-electron chi connectivity index (χ3n) is 5.09. The second-order valence-corrected chi connectivity index (χ2v) is 8.12. The highest BCUT2D eigenvalue weighted by atomic mass is 32.1. The average Bonchev–Trinajstić information content (AvgIpc) is 3.23. The first-order valence-electron chi connectivity index (χ1n) is 9.32. The Hall–Kier alpha value is -3.59. The molecule has 3 heterocycles. The molecule has 0 spiro atoms. The van der Waals surface area contributed by atoms with E-state index in [2.05, 4.69) is 9.97 Å². The predicted octanol–water partition coefficient (Wildman–Crippen LogP) is 3.93. The number of aryl methyl sites for hydroxylation is 2. The van der Waals surface area contributed by atoms with E-state index in [1.807, 2.05) is 13.8 Å². The lowest BCUT2D eigenvalue weighted by molar-refractivity contribution is -0.132. The number of hydrogen-bond acceptors (Lipinski definition) is 7. The summed E-state index contributed by atoms with van der Waals surface area (Å²) in [7, 11) is 1.32. The van der Waals surface area contributed by atoms with Crippen LogP contribution in [0.2, 0.25) is 0 Å². The molecule has 7 nitrogen and oxygen atoms in total. The first-order valence-corrected chi connectivity index (χ1v) is 10.1. The summed E-state index contributed by atoms with van der Waals surface area (Å²) >= 11 is 1.27. The van der Waals surface area contributed by atoms with Gasteiger partial charge in [-0.1, -0.05) is 6.07 Å². The van der Waals surface area contributed by atoms with Crippen molar-refractivity contribution in [2.24, 2.45) is 0 Å². The van der Waals surface area contributed by atoms with Gasteiger partial charge in [-0.3, -0.25) is 19.5 Å². The van der Waals surface area contributed by atoms with Crippen LogP contribution in [0, 0.1) is 19.7 Å². The zero-order chi connectivity index (χ0) is 22.3. The number of carbonyl (C=O) groups is 2. The van der Waals surface area contributed by atoms with Gasteiger partial charge in [-0.05, 0) is 43.7 Å². The molecule has 31 heavy (non-hydrogen) atoms. The van der Waals surface area contributed by atoms with E-state index in [4.69, 9.17) is 4.74 Å². The summed E-state index contributed by atoms with van der Waals surface area (Å²) in [6.45, 7) is 3.68. The van der Waals surface area contributed by atoms with Gasteiger partial charge in [0.2, 0.25) is 0 Å². The van der Waals surface area contributed by atoms with Gasteiger partial charge >= 0.3 is 5.91 Å². The monoisotopic (exact) mass is 439 g/mol. The molecule has 0 saturated carbocycles. The van der Waals surface area contributed by atoms with Crippen LogP contribution < -0.4 is 9.64 Å². The topological polar surface area (TPSA) is 92.6 Å². The van der Waals surface area contributed by atoms with Gasteiger partial charge in [-0.2, -0.15) is 0 Å². The summed E-state index contributed by atoms with van der Waals surface area (Å²) in [4.78, 5) is 36.7. The standard InChI is InChI=1S/C22H18FN3O4S/c1-11-12(2)31-22(25-11)26-18(14-5-4-8-24-10-14)17(20(28)21(26)29)19(27)13-6-7-16(30-3)15(23)9-13/h4-10,18,27H,1-3H3/b19-17+/t18-/m1/s1. The lowest BCUT2D eigenvalue weighted by atomic mass is 9.96. The smallest absolute Gasteiger partial charge is 0.301 e. The summed E-state index contributed by atoms with van der Waals surface area (Å²) in [6, 6.07) is 6.23. The number of ketones is 1. The molecule has 1 aliphatic rings. The van der Waals surface area contributed by atoms with Crippen molar-refractivity contribution in [2.45, 2.75) is 19.9 Å². The van der Waals surface area contributed by atoms with E-state index in [1.54, 1.807) is 18.3 Å². The van der Waals surface area contributed by atoms with Gasteiger partial charge in [0.25, 0.3) is 5.78 Å². The van der Waals surface area contributed by atoms with Gasteiger partial charge in [0.1, 0.15) is 5.76 Å². The molecular weight excluding hydrogens is 421 g/mol. The summed E-state index contributed by atoms with van der Waals surface area (Å²) < 4.78 is 19.1. The molecule has 1 N–H and O–H groups in total. The SMILES string of the molecule is COc1ccc(/C(O)=C2\C(=O)C(=O)N(c3nc(C)c(C)s3)[C@@H]2c2cccnc2)cc1F. The number of aliphatic hydroxyl groups is 1. The van der Waals surface area contributed by atoms with Gasteiger partial charge in [-0.15, -0.1) is 11.3 Å². The maximum absolute atomic E-state index is 14.2. The van der Waals surface area contributed by atoms with Gasteiger partial charge in [0, 0.05) is 22.8 Å². The number of carbonyl (C=O) groups excluding carboxylic acids is 2. The quantitative estimate of drug-likeness (QED) is 0.376. The average molecular weight is 439 g/mol. The number of hydrogen-bond donors (Lipinski definition) is 1. The van der Waals surface area contributed by atoms with E-state index in [1.165, 1.54) is 41.7 Å². The number of Topliss-reactive ketones (excluding diaryl/α,β-unsaturated/α-hetero) is 1. The number of nitrogens with zero attached hydrogens (tertiary/aromatic N) is 3. The first kappa shape index (κ1) is 20.7. The number of aliphatic hydroxyl groups excluding tert-OH is 1. The fourth-order valence-electron chi connectivity index (χ4n) is 3.41. The van der Waals surface area contributed by atoms with Crippen LogP contribution in [-0.2, 0) is 9.59 Å². The van der Waals surface area contributed by atoms with Crippen molar-refractivity contribution in [3.05, 3.63) is 75.8 Å². The van der Waals surface area contributed by atoms with Gasteiger partial charge in [0.15, 0.2) is 16.7 Å². The third kappa shape index (κ3) is 3.46. The predicted molar refractivity (Wildman–Crippen MR) is 114 cm³/mol. The number of pyridine rings is 1. The minimum atomic E-state index is -0.955. The molecule has 2 aromatic heterocycles. The zero-order valence-electron chi connectivity index (χ0n) is 16.9. The van der Waals surface area contributed by atoms with Crippen LogP contribution >= 0.6 is 11.3 Å². The van der Waals surface area contributed by atoms with E-state index in [-0.39, 0.29) is 16.9 Å². The molecule has 1 aliphatic heterocycles. The van der Waals surface area contributed by atoms with Crippen LogP contribution in [0.5, 0.6) is 5.75 Å². The molecule has 1 aromatic carbocycles. The number of rotatable bonds is 4. The van der Waals surface area contributed by atoms with E-state index in [0.717, 1.165) is 16.6 Å². The number of benzene rings is 1.